The van der Waals surface area contributed by atoms with E-state index in [-0.39, 0.29) is 5.92 Å². The highest BCUT2D eigenvalue weighted by Crippen LogP contribution is 2.23. The van der Waals surface area contributed by atoms with Crippen molar-refractivity contribution in [3.8, 4) is 0 Å². The van der Waals surface area contributed by atoms with E-state index in [1.54, 1.807) is 0 Å². The molecule has 3 rings (SSSR count). The quantitative estimate of drug-likeness (QED) is 0.791. The average molecular weight is 231 g/mol. The van der Waals surface area contributed by atoms with Gasteiger partial charge in [0.25, 0.3) is 0 Å². The molecule has 1 unspecified atom stereocenters. The lowest BCUT2D eigenvalue weighted by atomic mass is 10.0. The Labute approximate surface area is 101 Å². The number of benzene rings is 1. The van der Waals surface area contributed by atoms with Crippen LogP contribution in [-0.2, 0) is 22.6 Å². The van der Waals surface area contributed by atoms with Crippen LogP contribution in [0.1, 0.15) is 17.5 Å². The lowest BCUT2D eigenvalue weighted by molar-refractivity contribution is -0.124. The molecule has 90 valence electrons. The number of ether oxygens (including phenoxy) is 1. The zero-order valence-electron chi connectivity index (χ0n) is 9.89. The van der Waals surface area contributed by atoms with E-state index >= 15 is 0 Å². The molecule has 3 nitrogen and oxygen atoms in total. The number of hydrogen-bond acceptors (Lipinski definition) is 3. The van der Waals surface area contributed by atoms with Crippen LogP contribution in [0.15, 0.2) is 24.3 Å². The lowest BCUT2D eigenvalue weighted by Crippen LogP contribution is -2.29. The summed E-state index contributed by atoms with van der Waals surface area (Å²) in [5.74, 6) is 0.481. The number of ketones is 1. The second-order valence-electron chi connectivity index (χ2n) is 4.94. The predicted octanol–water partition coefficient (Wildman–Crippen LogP) is 1.61. The number of hydrogen-bond donors (Lipinski definition) is 0. The van der Waals surface area contributed by atoms with Crippen molar-refractivity contribution in [2.75, 3.05) is 19.8 Å². The fraction of sp³-hybridized carbons (Fsp3) is 0.500. The average Bonchev–Trinajstić information content (AvgIpc) is 2.97. The van der Waals surface area contributed by atoms with Crippen LogP contribution >= 0.6 is 0 Å². The zero-order chi connectivity index (χ0) is 11.7. The van der Waals surface area contributed by atoms with E-state index < -0.39 is 0 Å². The maximum absolute atomic E-state index is 12.0. The van der Waals surface area contributed by atoms with Gasteiger partial charge in [-0.2, -0.15) is 0 Å². The van der Waals surface area contributed by atoms with Gasteiger partial charge < -0.3 is 4.74 Å². The Morgan fingerprint density at radius 2 is 2.00 bits per heavy atom. The summed E-state index contributed by atoms with van der Waals surface area (Å²) < 4.78 is 5.27. The maximum Gasteiger partial charge on any atom is 0.152 e. The van der Waals surface area contributed by atoms with Crippen LogP contribution in [0.5, 0.6) is 0 Å². The zero-order valence-corrected chi connectivity index (χ0v) is 9.89. The molecule has 2 heterocycles. The van der Waals surface area contributed by atoms with Crippen molar-refractivity contribution in [3.63, 3.8) is 0 Å². The van der Waals surface area contributed by atoms with Gasteiger partial charge in [0, 0.05) is 25.6 Å². The minimum atomic E-state index is 0.138. The van der Waals surface area contributed by atoms with Gasteiger partial charge in [-0.3, -0.25) is 9.69 Å². The molecule has 0 radical (unpaired) electrons. The largest absolute Gasteiger partial charge is 0.381 e. The first-order valence-corrected chi connectivity index (χ1v) is 6.22. The molecule has 2 aliphatic heterocycles. The number of fused-ring (bicyclic) bond motifs is 1. The molecule has 0 amide bonds. The molecular formula is C14H17NO2. The Morgan fingerprint density at radius 1 is 1.29 bits per heavy atom. The summed E-state index contributed by atoms with van der Waals surface area (Å²) in [6.07, 6.45) is 0.902. The first kappa shape index (κ1) is 10.9. The third-order valence-corrected chi connectivity index (χ3v) is 3.67. The van der Waals surface area contributed by atoms with E-state index in [0.717, 1.165) is 26.1 Å². The molecule has 1 aromatic rings. The Morgan fingerprint density at radius 3 is 2.59 bits per heavy atom. The molecule has 0 aromatic heterocycles. The normalized spacial score (nSPS) is 23.9. The third kappa shape index (κ3) is 2.26. The second-order valence-corrected chi connectivity index (χ2v) is 4.94. The molecule has 17 heavy (non-hydrogen) atoms. The Hall–Kier alpha value is -1.19. The first-order chi connectivity index (χ1) is 8.33. The molecule has 2 aliphatic rings. The standard InChI is InChI=1S/C14H17NO2/c16-14(13-5-6-17-10-13)9-15-7-11-3-1-2-4-12(11)8-15/h1-4,13H,5-10H2. The van der Waals surface area contributed by atoms with Crippen LogP contribution in [-0.4, -0.2) is 30.4 Å². The summed E-state index contributed by atoms with van der Waals surface area (Å²) in [7, 11) is 0. The van der Waals surface area contributed by atoms with Crippen molar-refractivity contribution < 1.29 is 9.53 Å². The van der Waals surface area contributed by atoms with Crippen LogP contribution in [0.4, 0.5) is 0 Å². The predicted molar refractivity (Wildman–Crippen MR) is 64.5 cm³/mol. The second kappa shape index (κ2) is 4.59. The van der Waals surface area contributed by atoms with Gasteiger partial charge in [0.05, 0.1) is 13.2 Å². The van der Waals surface area contributed by atoms with Crippen LogP contribution in [0.3, 0.4) is 0 Å². The molecule has 1 fully saturated rings. The van der Waals surface area contributed by atoms with Gasteiger partial charge in [-0.25, -0.2) is 0 Å². The third-order valence-electron chi connectivity index (χ3n) is 3.67. The van der Waals surface area contributed by atoms with E-state index in [0.29, 0.717) is 18.9 Å². The molecule has 0 saturated carbocycles. The van der Waals surface area contributed by atoms with Gasteiger partial charge in [0.2, 0.25) is 0 Å². The molecule has 0 spiro atoms. The first-order valence-electron chi connectivity index (χ1n) is 6.22. The number of Topliss-reactive ketones (excluding diaryl/α,β-unsaturated/α-hetero) is 1. The Balaban J connectivity index is 1.60. The van der Waals surface area contributed by atoms with Crippen molar-refractivity contribution in [1.82, 2.24) is 4.90 Å². The summed E-state index contributed by atoms with van der Waals surface area (Å²) >= 11 is 0. The van der Waals surface area contributed by atoms with Crippen molar-refractivity contribution >= 4 is 5.78 Å². The molecule has 1 aromatic carbocycles. The minimum Gasteiger partial charge on any atom is -0.381 e. The molecule has 1 saturated heterocycles. The van der Waals surface area contributed by atoms with Crippen molar-refractivity contribution in [3.05, 3.63) is 35.4 Å². The van der Waals surface area contributed by atoms with Crippen molar-refractivity contribution in [1.29, 1.82) is 0 Å². The fourth-order valence-electron chi connectivity index (χ4n) is 2.65. The van der Waals surface area contributed by atoms with E-state index in [9.17, 15) is 4.79 Å². The highest BCUT2D eigenvalue weighted by Gasteiger charge is 2.27. The molecule has 0 bridgehead atoms. The highest BCUT2D eigenvalue weighted by atomic mass is 16.5. The lowest BCUT2D eigenvalue weighted by Gasteiger charge is -2.15. The van der Waals surface area contributed by atoms with Gasteiger partial charge in [0.15, 0.2) is 5.78 Å². The van der Waals surface area contributed by atoms with Crippen molar-refractivity contribution in [2.24, 2.45) is 5.92 Å². The van der Waals surface area contributed by atoms with E-state index in [2.05, 4.69) is 29.2 Å². The van der Waals surface area contributed by atoms with Crippen LogP contribution < -0.4 is 0 Å². The van der Waals surface area contributed by atoms with Gasteiger partial charge in [-0.15, -0.1) is 0 Å². The van der Waals surface area contributed by atoms with Crippen molar-refractivity contribution in [2.45, 2.75) is 19.5 Å². The number of carbonyl (C=O) groups is 1. The smallest absolute Gasteiger partial charge is 0.152 e. The highest BCUT2D eigenvalue weighted by molar-refractivity contribution is 5.83. The summed E-state index contributed by atoms with van der Waals surface area (Å²) in [4.78, 5) is 14.3. The number of nitrogens with zero attached hydrogens (tertiary/aromatic N) is 1. The molecule has 3 heteroatoms. The van der Waals surface area contributed by atoms with Crippen LogP contribution in [0.2, 0.25) is 0 Å². The van der Waals surface area contributed by atoms with Gasteiger partial charge in [0.1, 0.15) is 0 Å². The van der Waals surface area contributed by atoms with Gasteiger partial charge >= 0.3 is 0 Å². The number of rotatable bonds is 3. The van der Waals surface area contributed by atoms with Gasteiger partial charge in [-0.05, 0) is 17.5 Å². The molecule has 0 N–H and O–H groups in total. The molecular weight excluding hydrogens is 214 g/mol. The Kier molecular flexibility index (Phi) is 2.95. The number of carbonyl (C=O) groups excluding carboxylic acids is 1. The summed E-state index contributed by atoms with van der Waals surface area (Å²) in [6.45, 7) is 3.77. The monoisotopic (exact) mass is 231 g/mol. The van der Waals surface area contributed by atoms with Gasteiger partial charge in [-0.1, -0.05) is 24.3 Å². The Bertz CT molecular complexity index is 399. The van der Waals surface area contributed by atoms with Crippen LogP contribution in [0.25, 0.3) is 0 Å². The summed E-state index contributed by atoms with van der Waals surface area (Å²) in [5.41, 5.74) is 2.73. The van der Waals surface area contributed by atoms with Crippen LogP contribution in [0, 0.1) is 5.92 Å². The maximum atomic E-state index is 12.0. The van der Waals surface area contributed by atoms with E-state index in [4.69, 9.17) is 4.74 Å². The van der Waals surface area contributed by atoms with E-state index in [1.165, 1.54) is 11.1 Å². The topological polar surface area (TPSA) is 29.5 Å². The minimum absolute atomic E-state index is 0.138. The molecule has 0 aliphatic carbocycles. The molecule has 1 atom stereocenters. The fourth-order valence-corrected chi connectivity index (χ4v) is 2.65. The van der Waals surface area contributed by atoms with E-state index in [1.807, 2.05) is 0 Å². The SMILES string of the molecule is O=C(CN1Cc2ccccc2C1)C1CCOC1. The summed E-state index contributed by atoms with van der Waals surface area (Å²) in [6, 6.07) is 8.43. The summed E-state index contributed by atoms with van der Waals surface area (Å²) in [5, 5.41) is 0.